The molecule has 0 aromatic rings. The predicted octanol–water partition coefficient (Wildman–Crippen LogP) is -7.40. The molecule has 630 valence electrons. The van der Waals surface area contributed by atoms with E-state index in [1.54, 1.807) is 19.6 Å². The fraction of sp³-hybridized carbons (Fsp3) is 0.779. The molecule has 3 atom stereocenters. The van der Waals surface area contributed by atoms with Gasteiger partial charge < -0.3 is 107 Å². The Morgan fingerprint density at radius 1 is 0.327 bits per heavy atom. The number of primary amides is 2. The fourth-order valence-corrected chi connectivity index (χ4v) is 10.2. The van der Waals surface area contributed by atoms with E-state index in [4.69, 9.17) is 49.4 Å². The monoisotopic (exact) mass is 1580 g/mol. The average molecular weight is 1580 g/mol. The quantitative estimate of drug-likeness (QED) is 0.0199. The van der Waals surface area contributed by atoms with Crippen LogP contribution in [-0.4, -0.2) is 378 Å². The minimum Gasteiger partial charge on any atom is -0.480 e. The summed E-state index contributed by atoms with van der Waals surface area (Å²) in [5, 5.41) is 55.6. The number of nitrogens with two attached hydrogens (primary N) is 2. The molecule has 1 saturated heterocycles. The van der Waals surface area contributed by atoms with E-state index in [-0.39, 0.29) is 290 Å². The van der Waals surface area contributed by atoms with Crippen molar-refractivity contribution in [3.8, 4) is 0 Å². The number of hydrogen-bond donors (Lipinski definition) is 15. The highest BCUT2D eigenvalue weighted by molar-refractivity contribution is 5.88. The van der Waals surface area contributed by atoms with E-state index in [1.165, 1.54) is 13.8 Å². The number of hydrogen-bond acceptors (Lipinski definition) is 29. The second kappa shape index (κ2) is 65.6. The molecule has 1 aliphatic rings. The molecule has 0 bridgehead atoms. The van der Waals surface area contributed by atoms with E-state index in [0.29, 0.717) is 57.9 Å². The summed E-state index contributed by atoms with van der Waals surface area (Å²) >= 11 is 0. The van der Waals surface area contributed by atoms with Gasteiger partial charge in [-0.3, -0.25) is 102 Å². The Morgan fingerprint density at radius 3 is 1.01 bits per heavy atom. The van der Waals surface area contributed by atoms with E-state index in [1.807, 2.05) is 0 Å². The number of carboxylic acid groups (broad SMARTS) is 3. The van der Waals surface area contributed by atoms with Crippen molar-refractivity contribution in [2.24, 2.45) is 11.5 Å². The van der Waals surface area contributed by atoms with E-state index < -0.39 is 72.2 Å². The summed E-state index contributed by atoms with van der Waals surface area (Å²) in [7, 11) is 0. The number of ether oxygens (including phenoxy) is 8. The maximum absolute atomic E-state index is 13.4. The Kier molecular flexibility index (Phi) is 59.6. The molecule has 110 heavy (non-hydrogen) atoms. The molecule has 17 N–H and O–H groups in total. The first kappa shape index (κ1) is 99.9. The molecule has 1 heterocycles. The molecule has 0 unspecified atom stereocenters. The Hall–Kier alpha value is -8.11. The van der Waals surface area contributed by atoms with Crippen LogP contribution >= 0.6 is 0 Å². The first-order valence-electron chi connectivity index (χ1n) is 37.1. The predicted molar refractivity (Wildman–Crippen MR) is 392 cm³/mol. The Balaban J connectivity index is 2.33. The maximum Gasteiger partial charge on any atom is 0.317 e. The van der Waals surface area contributed by atoms with Crippen LogP contribution in [0.3, 0.4) is 0 Å². The summed E-state index contributed by atoms with van der Waals surface area (Å²) in [6.45, 7) is 5.40. The van der Waals surface area contributed by atoms with Crippen LogP contribution in [0.4, 0.5) is 0 Å². The molecule has 1 aliphatic heterocycles. The summed E-state index contributed by atoms with van der Waals surface area (Å²) in [4.78, 5) is 188. The standard InChI is InChI=1S/C68H122N16O26/c1-51(85)40-78-53(66(69)100)10-3-6-16-72-59(90)46-106-37-36-105-32-20-75-60(91)47-107-38-34-103-30-18-73-57(88)14-9-13-56(87)71-15-7-5-12-55(68(102)77-17-8-4-11-54(67(70)101)79-41-52(2)86)80-62(93)49-110-50-109-33-21-76-61(92)48-108-39-35-104-31-19-74-58(89)42-81-22-24-82(43-63(94)95)26-28-84(45-65(98)99)29-27-83(25-23-81)44-64(96)97/h53-55,78-79H,3-50H2,1-2H3,(H2,69,100)(H2,70,101)(H,71,87)(H,72,90)(H,73,88)(H,74,89)(H,75,91)(H,76,92)(H,77,102)(H,80,93)(H,94,95)(H,96,97)(H,98,99)/t53-,54-,55-/m0/s1. The lowest BCUT2D eigenvalue weighted by Gasteiger charge is -2.32. The van der Waals surface area contributed by atoms with Crippen LogP contribution in [0, 0.1) is 0 Å². The van der Waals surface area contributed by atoms with Gasteiger partial charge in [0.15, 0.2) is 0 Å². The van der Waals surface area contributed by atoms with Gasteiger partial charge in [0.2, 0.25) is 59.1 Å². The average Bonchev–Trinajstić information content (AvgIpc) is 0.904. The molecule has 42 nitrogen and oxygen atoms in total. The molecule has 0 radical (unpaired) electrons. The van der Waals surface area contributed by atoms with Gasteiger partial charge in [-0.25, -0.2) is 0 Å². The van der Waals surface area contributed by atoms with Crippen LogP contribution in [0.5, 0.6) is 0 Å². The van der Waals surface area contributed by atoms with Gasteiger partial charge in [0.25, 0.3) is 0 Å². The summed E-state index contributed by atoms with van der Waals surface area (Å²) in [5.74, 6) is -7.72. The van der Waals surface area contributed by atoms with Gasteiger partial charge in [0.05, 0.1) is 117 Å². The third-order valence-corrected chi connectivity index (χ3v) is 15.9. The van der Waals surface area contributed by atoms with E-state index >= 15 is 0 Å². The van der Waals surface area contributed by atoms with Gasteiger partial charge in [-0.1, -0.05) is 0 Å². The Morgan fingerprint density at radius 2 is 0.636 bits per heavy atom. The van der Waals surface area contributed by atoms with Crippen molar-refractivity contribution in [3.05, 3.63) is 0 Å². The zero-order chi connectivity index (χ0) is 81.4. The Bertz CT molecular complexity index is 2700. The first-order valence-corrected chi connectivity index (χ1v) is 37.1. The number of carbonyl (C=O) groups excluding carboxylic acids is 12. The van der Waals surface area contributed by atoms with Crippen LogP contribution in [-0.2, 0) is 110 Å². The third kappa shape index (κ3) is 60.7. The van der Waals surface area contributed by atoms with Gasteiger partial charge in [0.1, 0.15) is 50.8 Å². The minimum atomic E-state index is -1.06. The van der Waals surface area contributed by atoms with Crippen molar-refractivity contribution in [1.29, 1.82) is 0 Å². The van der Waals surface area contributed by atoms with Crippen LogP contribution in [0.2, 0.25) is 0 Å². The summed E-state index contributed by atoms with van der Waals surface area (Å²) in [5.41, 5.74) is 10.8. The largest absolute Gasteiger partial charge is 0.480 e. The van der Waals surface area contributed by atoms with Gasteiger partial charge in [-0.15, -0.1) is 0 Å². The van der Waals surface area contributed by atoms with E-state index in [9.17, 15) is 87.2 Å². The molecular formula is C68H122N16O26. The van der Waals surface area contributed by atoms with Gasteiger partial charge in [-0.05, 0) is 78.1 Å². The topological polar surface area (TPSA) is 576 Å². The summed E-state index contributed by atoms with van der Waals surface area (Å²) in [6, 6.07) is -2.33. The number of nitrogens with zero attached hydrogens (tertiary/aromatic N) is 4. The highest BCUT2D eigenvalue weighted by Gasteiger charge is 2.24. The zero-order valence-electron chi connectivity index (χ0n) is 63.8. The molecule has 10 amide bonds. The number of carbonyl (C=O) groups is 15. The molecule has 0 aromatic carbocycles. The van der Waals surface area contributed by atoms with Crippen LogP contribution in [0.25, 0.3) is 0 Å². The maximum atomic E-state index is 13.4. The highest BCUT2D eigenvalue weighted by Crippen LogP contribution is 2.07. The van der Waals surface area contributed by atoms with Crippen LogP contribution in [0.15, 0.2) is 0 Å². The number of ketones is 2. The molecule has 42 heteroatoms. The lowest BCUT2D eigenvalue weighted by molar-refractivity contribution is -0.140. The van der Waals surface area contributed by atoms with Crippen molar-refractivity contribution in [2.75, 3.05) is 237 Å². The summed E-state index contributed by atoms with van der Waals surface area (Å²) in [6.07, 6.45) is 4.43. The number of Topliss-reactive ketones (excluding diaryl/α,β-unsaturated/α-hetero) is 2. The summed E-state index contributed by atoms with van der Waals surface area (Å²) < 4.78 is 43.0. The number of unbranched alkanes of at least 4 members (excludes halogenated alkanes) is 3. The molecule has 0 spiro atoms. The van der Waals surface area contributed by atoms with Crippen LogP contribution < -0.4 is 64.6 Å². The van der Waals surface area contributed by atoms with E-state index in [0.717, 1.165) is 0 Å². The van der Waals surface area contributed by atoms with Crippen molar-refractivity contribution in [2.45, 2.75) is 109 Å². The normalized spacial score (nSPS) is 14.1. The molecule has 0 aromatic heterocycles. The molecule has 1 fully saturated rings. The lowest BCUT2D eigenvalue weighted by Crippen LogP contribution is -2.50. The highest BCUT2D eigenvalue weighted by atomic mass is 16.7. The number of amides is 10. The second-order valence-electron chi connectivity index (χ2n) is 25.6. The molecule has 0 saturated carbocycles. The van der Waals surface area contributed by atoms with Gasteiger partial charge in [-0.2, -0.15) is 0 Å². The SMILES string of the molecule is CC(=O)CN[C@@H](CCCCNC(=O)COCCOCCNC(=O)COCCOCCNC(=O)CCCC(=O)NCCCC[C@H](NC(=O)COCOCCNC(=O)COCCOCCNC(=O)CN1CCN(CC(=O)O)CCN(CC(=O)O)CCN(CC(=O)O)CC1)C(=O)NCCCC[C@H](NCC(C)=O)C(N)=O)C(N)=O. The Labute approximate surface area is 641 Å². The van der Waals surface area contributed by atoms with Crippen molar-refractivity contribution in [1.82, 2.24) is 72.8 Å². The van der Waals surface area contributed by atoms with E-state index in [2.05, 4.69) is 53.2 Å². The van der Waals surface area contributed by atoms with Crippen molar-refractivity contribution in [3.63, 3.8) is 0 Å². The zero-order valence-corrected chi connectivity index (χ0v) is 63.8. The lowest BCUT2D eigenvalue weighted by atomic mass is 10.1. The number of rotatable bonds is 68. The van der Waals surface area contributed by atoms with Gasteiger partial charge in [0, 0.05) is 111 Å². The van der Waals surface area contributed by atoms with Gasteiger partial charge >= 0.3 is 17.9 Å². The fourth-order valence-electron chi connectivity index (χ4n) is 10.2. The molecule has 0 aliphatic carbocycles. The van der Waals surface area contributed by atoms with Crippen molar-refractivity contribution < 1.29 is 125 Å². The number of carboxylic acids is 3. The number of nitrogens with one attached hydrogen (secondary N) is 10. The molecule has 1 rings (SSSR count). The third-order valence-electron chi connectivity index (χ3n) is 15.9. The number of aliphatic carboxylic acids is 3. The minimum absolute atomic E-state index is 0.0147. The van der Waals surface area contributed by atoms with Crippen LogP contribution in [0.1, 0.15) is 90.9 Å². The smallest absolute Gasteiger partial charge is 0.317 e. The molecular weight excluding hydrogens is 1460 g/mol. The van der Waals surface area contributed by atoms with Crippen molar-refractivity contribution >= 4 is 88.5 Å². The first-order chi connectivity index (χ1) is 52.7. The second-order valence-corrected chi connectivity index (χ2v) is 25.6.